The lowest BCUT2D eigenvalue weighted by Crippen LogP contribution is -2.26. The highest BCUT2D eigenvalue weighted by molar-refractivity contribution is 5.80. The van der Waals surface area contributed by atoms with Crippen LogP contribution in [0.2, 0.25) is 0 Å². The minimum Gasteiger partial charge on any atom is -0.292 e. The van der Waals surface area contributed by atoms with Gasteiger partial charge in [0, 0.05) is 17.5 Å². The average molecular weight is 549 g/mol. The number of benzene rings is 3. The normalized spacial score (nSPS) is 11.4. The van der Waals surface area contributed by atoms with Crippen LogP contribution in [0.15, 0.2) is 77.7 Å². The Bertz CT molecular complexity index is 1630. The second-order valence-electron chi connectivity index (χ2n) is 11.1. The average Bonchev–Trinajstić information content (AvgIpc) is 3.63. The summed E-state index contributed by atoms with van der Waals surface area (Å²) in [6, 6.07) is 23.0. The maximum Gasteiger partial charge on any atom is 0.333 e. The number of H-pyrrole nitrogens is 1. The van der Waals surface area contributed by atoms with Crippen molar-refractivity contribution in [2.24, 2.45) is 0 Å². The topological polar surface area (TPSA) is 81.4 Å². The standard InChI is InChI=1S/C34H40N6O/c1-5-7-8-14-28-23-40(32-27(12-6-2)13-11-17-29(32)24(3)4)34(41)39(28)22-25-18-20-26(21-19-25)30-15-9-10-16-31(30)33-35-37-38-36-33/h9-11,13,15-21,23-24H,5-8,12,14,22H2,1-4H3,(H,35,36,37,38). The zero-order chi connectivity index (χ0) is 28.8. The predicted octanol–water partition coefficient (Wildman–Crippen LogP) is 7.34. The first-order valence-corrected chi connectivity index (χ1v) is 14.9. The summed E-state index contributed by atoms with van der Waals surface area (Å²) in [6.45, 7) is 9.36. The third-order valence-corrected chi connectivity index (χ3v) is 7.76. The summed E-state index contributed by atoms with van der Waals surface area (Å²) in [7, 11) is 0. The number of imidazole rings is 1. The van der Waals surface area contributed by atoms with Crippen LogP contribution in [0.1, 0.15) is 81.7 Å². The van der Waals surface area contributed by atoms with Crippen LogP contribution in [0.3, 0.4) is 0 Å². The van der Waals surface area contributed by atoms with Gasteiger partial charge >= 0.3 is 5.69 Å². The van der Waals surface area contributed by atoms with E-state index in [4.69, 9.17) is 0 Å². The van der Waals surface area contributed by atoms with Gasteiger partial charge in [0.2, 0.25) is 0 Å². The fourth-order valence-corrected chi connectivity index (χ4v) is 5.64. The lowest BCUT2D eigenvalue weighted by molar-refractivity contribution is 0.652. The van der Waals surface area contributed by atoms with Crippen LogP contribution < -0.4 is 5.69 Å². The smallest absolute Gasteiger partial charge is 0.292 e. The number of hydrogen-bond donors (Lipinski definition) is 1. The first-order chi connectivity index (χ1) is 20.0. The molecule has 0 fully saturated rings. The number of aromatic amines is 1. The molecule has 0 aliphatic carbocycles. The molecular weight excluding hydrogens is 508 g/mol. The highest BCUT2D eigenvalue weighted by Crippen LogP contribution is 2.30. The van der Waals surface area contributed by atoms with Gasteiger partial charge in [-0.05, 0) is 63.4 Å². The van der Waals surface area contributed by atoms with Crippen molar-refractivity contribution in [3.8, 4) is 28.2 Å². The Morgan fingerprint density at radius 2 is 1.63 bits per heavy atom. The van der Waals surface area contributed by atoms with Crippen molar-refractivity contribution in [2.75, 3.05) is 0 Å². The molecule has 212 valence electrons. The monoisotopic (exact) mass is 548 g/mol. The molecule has 0 saturated carbocycles. The van der Waals surface area contributed by atoms with E-state index in [9.17, 15) is 4.79 Å². The molecule has 0 radical (unpaired) electrons. The van der Waals surface area contributed by atoms with Gasteiger partial charge in [-0.25, -0.2) is 9.89 Å². The van der Waals surface area contributed by atoms with Crippen molar-refractivity contribution in [2.45, 2.75) is 78.7 Å². The Hall–Kier alpha value is -4.26. The molecule has 2 heterocycles. The molecule has 5 rings (SSSR count). The summed E-state index contributed by atoms with van der Waals surface area (Å²) in [5.74, 6) is 0.960. The Labute approximate surface area is 242 Å². The summed E-state index contributed by atoms with van der Waals surface area (Å²) >= 11 is 0. The van der Waals surface area contributed by atoms with Crippen LogP contribution in [-0.2, 0) is 19.4 Å². The summed E-state index contributed by atoms with van der Waals surface area (Å²) in [4.78, 5) is 14.1. The van der Waals surface area contributed by atoms with E-state index < -0.39 is 0 Å². The molecule has 7 nitrogen and oxygen atoms in total. The first kappa shape index (κ1) is 28.3. The third kappa shape index (κ3) is 6.09. The van der Waals surface area contributed by atoms with E-state index in [1.165, 1.54) is 11.1 Å². The van der Waals surface area contributed by atoms with E-state index in [1.54, 1.807) is 0 Å². The van der Waals surface area contributed by atoms with Crippen molar-refractivity contribution >= 4 is 0 Å². The molecule has 7 heteroatoms. The van der Waals surface area contributed by atoms with Crippen LogP contribution >= 0.6 is 0 Å². The fraction of sp³-hybridized carbons (Fsp3) is 0.353. The summed E-state index contributed by atoms with van der Waals surface area (Å²) in [5, 5.41) is 14.4. The number of nitrogens with one attached hydrogen (secondary N) is 1. The highest BCUT2D eigenvalue weighted by Gasteiger charge is 2.19. The van der Waals surface area contributed by atoms with Crippen LogP contribution in [0.4, 0.5) is 0 Å². The molecule has 0 unspecified atom stereocenters. The number of unbranched alkanes of at least 4 members (excludes halogenated alkanes) is 2. The third-order valence-electron chi connectivity index (χ3n) is 7.76. The van der Waals surface area contributed by atoms with E-state index in [-0.39, 0.29) is 5.69 Å². The fourth-order valence-electron chi connectivity index (χ4n) is 5.64. The van der Waals surface area contributed by atoms with Gasteiger partial charge in [-0.1, -0.05) is 114 Å². The molecule has 5 aromatic rings. The molecule has 41 heavy (non-hydrogen) atoms. The number of nitrogens with zero attached hydrogens (tertiary/aromatic N) is 5. The molecular formula is C34H40N6O. The van der Waals surface area contributed by atoms with Gasteiger partial charge in [0.05, 0.1) is 12.2 Å². The van der Waals surface area contributed by atoms with Crippen molar-refractivity contribution in [1.82, 2.24) is 29.8 Å². The maximum absolute atomic E-state index is 14.1. The van der Waals surface area contributed by atoms with Gasteiger partial charge in [0.15, 0.2) is 5.82 Å². The molecule has 1 N–H and O–H groups in total. The van der Waals surface area contributed by atoms with E-state index in [0.717, 1.165) is 72.2 Å². The number of hydrogen-bond acceptors (Lipinski definition) is 4. The highest BCUT2D eigenvalue weighted by atomic mass is 16.1. The predicted molar refractivity (Wildman–Crippen MR) is 165 cm³/mol. The number of aryl methyl sites for hydroxylation is 2. The Kier molecular flexibility index (Phi) is 8.92. The molecule has 0 bridgehead atoms. The number of aromatic nitrogens is 6. The quantitative estimate of drug-likeness (QED) is 0.165. The minimum absolute atomic E-state index is 0.0363. The molecule has 0 aliphatic heterocycles. The molecule has 0 saturated heterocycles. The van der Waals surface area contributed by atoms with Crippen LogP contribution in [0.25, 0.3) is 28.2 Å². The second kappa shape index (κ2) is 12.9. The van der Waals surface area contributed by atoms with Crippen LogP contribution in [0, 0.1) is 0 Å². The zero-order valence-corrected chi connectivity index (χ0v) is 24.6. The molecule has 0 atom stereocenters. The molecule has 0 amide bonds. The zero-order valence-electron chi connectivity index (χ0n) is 24.6. The van der Waals surface area contributed by atoms with E-state index in [1.807, 2.05) is 27.3 Å². The Morgan fingerprint density at radius 3 is 2.32 bits per heavy atom. The van der Waals surface area contributed by atoms with Crippen molar-refractivity contribution in [3.63, 3.8) is 0 Å². The number of para-hydroxylation sites is 1. The molecule has 0 aliphatic rings. The van der Waals surface area contributed by atoms with Crippen molar-refractivity contribution in [1.29, 1.82) is 0 Å². The van der Waals surface area contributed by atoms with Gasteiger partial charge in [0.1, 0.15) is 0 Å². The number of tetrazole rings is 1. The van der Waals surface area contributed by atoms with Crippen LogP contribution in [-0.4, -0.2) is 29.8 Å². The largest absolute Gasteiger partial charge is 0.333 e. The Balaban J connectivity index is 1.52. The van der Waals surface area contributed by atoms with Gasteiger partial charge in [-0.15, -0.1) is 5.10 Å². The summed E-state index contributed by atoms with van der Waals surface area (Å²) < 4.78 is 3.91. The lowest BCUT2D eigenvalue weighted by Gasteiger charge is -2.17. The molecule has 0 spiro atoms. The van der Waals surface area contributed by atoms with Gasteiger partial charge in [0.25, 0.3) is 0 Å². The van der Waals surface area contributed by atoms with E-state index >= 15 is 0 Å². The second-order valence-corrected chi connectivity index (χ2v) is 11.1. The van der Waals surface area contributed by atoms with Gasteiger partial charge < -0.3 is 0 Å². The van der Waals surface area contributed by atoms with Gasteiger partial charge in [-0.3, -0.25) is 9.13 Å². The Morgan fingerprint density at radius 1 is 0.854 bits per heavy atom. The number of rotatable bonds is 12. The molecule has 3 aromatic carbocycles. The first-order valence-electron chi connectivity index (χ1n) is 14.9. The maximum atomic E-state index is 14.1. The molecule has 2 aromatic heterocycles. The SMILES string of the molecule is CCCCCc1cn(-c2c(CCC)cccc2C(C)C)c(=O)n1Cc1ccc(-c2ccccc2-c2nnn[nH]2)cc1. The summed E-state index contributed by atoms with van der Waals surface area (Å²) in [5.41, 5.74) is 8.82. The van der Waals surface area contributed by atoms with Gasteiger partial charge in [-0.2, -0.15) is 0 Å². The summed E-state index contributed by atoms with van der Waals surface area (Å²) in [6.07, 6.45) is 8.35. The lowest BCUT2D eigenvalue weighted by atomic mass is 9.95. The van der Waals surface area contributed by atoms with Crippen molar-refractivity contribution < 1.29 is 0 Å². The van der Waals surface area contributed by atoms with E-state index in [0.29, 0.717) is 18.3 Å². The minimum atomic E-state index is 0.0363. The van der Waals surface area contributed by atoms with Crippen LogP contribution in [0.5, 0.6) is 0 Å². The van der Waals surface area contributed by atoms with Crippen molar-refractivity contribution in [3.05, 3.63) is 106 Å². The van der Waals surface area contributed by atoms with E-state index in [2.05, 4.69) is 103 Å².